The normalized spacial score (nSPS) is 31.3. The van der Waals surface area contributed by atoms with Crippen LogP contribution < -0.4 is 5.32 Å². The van der Waals surface area contributed by atoms with Crippen molar-refractivity contribution in [2.45, 2.75) is 39.7 Å². The lowest BCUT2D eigenvalue weighted by Gasteiger charge is -2.36. The Morgan fingerprint density at radius 1 is 1.24 bits per heavy atom. The summed E-state index contributed by atoms with van der Waals surface area (Å²) in [6.07, 6.45) is 0.924. The first-order valence-corrected chi connectivity index (χ1v) is 6.33. The average Bonchev–Trinajstić information content (AvgIpc) is 2.52. The fourth-order valence-corrected chi connectivity index (χ4v) is 2.94. The van der Waals surface area contributed by atoms with Gasteiger partial charge in [0, 0.05) is 5.41 Å². The zero-order valence-electron chi connectivity index (χ0n) is 11.1. The minimum absolute atomic E-state index is 0.163. The molecule has 2 heteroatoms. The zero-order chi connectivity index (χ0) is 12.7. The molecular formula is C15H21NO. The van der Waals surface area contributed by atoms with Gasteiger partial charge in [0.05, 0.1) is 5.54 Å². The van der Waals surface area contributed by atoms with Crippen molar-refractivity contribution in [1.82, 2.24) is 5.32 Å². The summed E-state index contributed by atoms with van der Waals surface area (Å²) in [4.78, 5) is 12.1. The Kier molecular flexibility index (Phi) is 2.76. The second kappa shape index (κ2) is 3.86. The van der Waals surface area contributed by atoms with Crippen LogP contribution in [0.4, 0.5) is 0 Å². The Morgan fingerprint density at radius 2 is 1.82 bits per heavy atom. The molecule has 0 aromatic heterocycles. The van der Waals surface area contributed by atoms with Gasteiger partial charge in [-0.15, -0.1) is 0 Å². The number of hydrogen-bond acceptors (Lipinski definition) is 1. The van der Waals surface area contributed by atoms with Crippen molar-refractivity contribution < 1.29 is 4.79 Å². The number of rotatable bonds is 2. The molecule has 2 rings (SSSR count). The van der Waals surface area contributed by atoms with Crippen molar-refractivity contribution >= 4 is 5.91 Å². The van der Waals surface area contributed by atoms with Gasteiger partial charge in [-0.3, -0.25) is 4.79 Å². The minimum Gasteiger partial charge on any atom is -0.346 e. The van der Waals surface area contributed by atoms with Gasteiger partial charge in [-0.1, -0.05) is 58.0 Å². The molecule has 1 aromatic rings. The van der Waals surface area contributed by atoms with E-state index in [1.165, 1.54) is 5.56 Å². The van der Waals surface area contributed by atoms with Gasteiger partial charge >= 0.3 is 0 Å². The summed E-state index contributed by atoms with van der Waals surface area (Å²) in [5.41, 5.74) is 0.710. The van der Waals surface area contributed by atoms with E-state index in [1.807, 2.05) is 32.0 Å². The highest BCUT2D eigenvalue weighted by molar-refractivity contribution is 5.86. The predicted molar refractivity (Wildman–Crippen MR) is 69.5 cm³/mol. The number of amides is 1. The van der Waals surface area contributed by atoms with E-state index in [2.05, 4.69) is 31.3 Å². The molecule has 2 atom stereocenters. The largest absolute Gasteiger partial charge is 0.346 e. The summed E-state index contributed by atoms with van der Waals surface area (Å²) in [5.74, 6) is 0.450. The number of benzene rings is 1. The maximum absolute atomic E-state index is 12.1. The van der Waals surface area contributed by atoms with Crippen LogP contribution in [0.3, 0.4) is 0 Å². The van der Waals surface area contributed by atoms with E-state index in [0.717, 1.165) is 6.42 Å². The molecule has 1 aliphatic heterocycles. The highest BCUT2D eigenvalue weighted by Gasteiger charge is 2.55. The van der Waals surface area contributed by atoms with Crippen molar-refractivity contribution in [3.8, 4) is 0 Å². The van der Waals surface area contributed by atoms with E-state index < -0.39 is 0 Å². The third-order valence-corrected chi connectivity index (χ3v) is 4.59. The fraction of sp³-hybridized carbons (Fsp3) is 0.533. The number of carbonyl (C=O) groups is 1. The molecule has 1 fully saturated rings. The molecule has 2 unspecified atom stereocenters. The molecule has 0 saturated carbocycles. The molecule has 0 radical (unpaired) electrons. The predicted octanol–water partition coefficient (Wildman–Crippen LogP) is 3.08. The van der Waals surface area contributed by atoms with Gasteiger partial charge in [0.2, 0.25) is 5.91 Å². The van der Waals surface area contributed by atoms with E-state index in [-0.39, 0.29) is 22.8 Å². The second-order valence-corrected chi connectivity index (χ2v) is 5.59. The topological polar surface area (TPSA) is 29.1 Å². The van der Waals surface area contributed by atoms with Crippen LogP contribution >= 0.6 is 0 Å². The maximum atomic E-state index is 12.1. The summed E-state index contributed by atoms with van der Waals surface area (Å²) in [7, 11) is 0. The van der Waals surface area contributed by atoms with Crippen molar-refractivity contribution in [3.63, 3.8) is 0 Å². The Hall–Kier alpha value is -1.31. The van der Waals surface area contributed by atoms with E-state index in [1.54, 1.807) is 0 Å². The van der Waals surface area contributed by atoms with Crippen molar-refractivity contribution in [1.29, 1.82) is 0 Å². The lowest BCUT2D eigenvalue weighted by molar-refractivity contribution is -0.127. The van der Waals surface area contributed by atoms with Gasteiger partial charge in [-0.25, -0.2) is 0 Å². The third kappa shape index (κ3) is 1.58. The molecule has 1 aromatic carbocycles. The van der Waals surface area contributed by atoms with Crippen LogP contribution in [0.15, 0.2) is 30.3 Å². The van der Waals surface area contributed by atoms with Crippen LogP contribution in [0.2, 0.25) is 0 Å². The molecule has 0 spiro atoms. The first-order chi connectivity index (χ1) is 7.95. The lowest BCUT2D eigenvalue weighted by Crippen LogP contribution is -2.41. The van der Waals surface area contributed by atoms with E-state index in [0.29, 0.717) is 0 Å². The molecule has 1 aliphatic rings. The number of hydrogen-bond donors (Lipinski definition) is 1. The van der Waals surface area contributed by atoms with E-state index >= 15 is 0 Å². The Bertz CT molecular complexity index is 424. The lowest BCUT2D eigenvalue weighted by atomic mass is 9.69. The average molecular weight is 231 g/mol. The summed E-state index contributed by atoms with van der Waals surface area (Å²) in [6, 6.07) is 10.3. The fourth-order valence-electron chi connectivity index (χ4n) is 2.94. The molecule has 2 nitrogen and oxygen atoms in total. The van der Waals surface area contributed by atoms with Gasteiger partial charge < -0.3 is 5.32 Å². The number of carbonyl (C=O) groups excluding carboxylic acids is 1. The summed E-state index contributed by atoms with van der Waals surface area (Å²) < 4.78 is 0. The van der Waals surface area contributed by atoms with Crippen LogP contribution in [0.25, 0.3) is 0 Å². The third-order valence-electron chi connectivity index (χ3n) is 4.59. The quantitative estimate of drug-likeness (QED) is 0.832. The Morgan fingerprint density at radius 3 is 2.24 bits per heavy atom. The highest BCUT2D eigenvalue weighted by Crippen LogP contribution is 2.48. The smallest absolute Gasteiger partial charge is 0.226 e. The van der Waals surface area contributed by atoms with Gasteiger partial charge in [0.1, 0.15) is 0 Å². The monoisotopic (exact) mass is 231 g/mol. The Labute approximate surface area is 103 Å². The van der Waals surface area contributed by atoms with Crippen LogP contribution in [0.1, 0.15) is 39.7 Å². The molecule has 1 heterocycles. The molecule has 17 heavy (non-hydrogen) atoms. The SMILES string of the molecule is CCC1(c2ccccc2)NC(=O)C(C)(C)C1C. The van der Waals surface area contributed by atoms with Crippen LogP contribution in [0.5, 0.6) is 0 Å². The van der Waals surface area contributed by atoms with E-state index in [9.17, 15) is 4.79 Å². The van der Waals surface area contributed by atoms with Crippen molar-refractivity contribution in [2.75, 3.05) is 0 Å². The first-order valence-electron chi connectivity index (χ1n) is 6.33. The van der Waals surface area contributed by atoms with Gasteiger partial charge in [0.25, 0.3) is 0 Å². The van der Waals surface area contributed by atoms with Gasteiger partial charge in [-0.2, -0.15) is 0 Å². The van der Waals surface area contributed by atoms with E-state index in [4.69, 9.17) is 0 Å². The molecular weight excluding hydrogens is 210 g/mol. The summed E-state index contributed by atoms with van der Waals surface area (Å²) in [6.45, 7) is 8.39. The van der Waals surface area contributed by atoms with Crippen molar-refractivity contribution in [3.05, 3.63) is 35.9 Å². The van der Waals surface area contributed by atoms with Crippen LogP contribution in [-0.4, -0.2) is 5.91 Å². The molecule has 1 amide bonds. The number of nitrogens with one attached hydrogen (secondary N) is 1. The molecule has 1 saturated heterocycles. The molecule has 1 N–H and O–H groups in total. The summed E-state index contributed by atoms with van der Waals surface area (Å²) >= 11 is 0. The highest BCUT2D eigenvalue weighted by atomic mass is 16.2. The standard InChI is InChI=1S/C15H21NO/c1-5-15(12-9-7-6-8-10-12)11(2)14(3,4)13(17)16-15/h6-11H,5H2,1-4H3,(H,16,17). The Balaban J connectivity index is 2.51. The first kappa shape index (κ1) is 12.2. The molecule has 0 aliphatic carbocycles. The molecule has 92 valence electrons. The maximum Gasteiger partial charge on any atom is 0.226 e. The zero-order valence-corrected chi connectivity index (χ0v) is 11.1. The van der Waals surface area contributed by atoms with Crippen LogP contribution in [-0.2, 0) is 10.3 Å². The minimum atomic E-state index is -0.300. The van der Waals surface area contributed by atoms with Gasteiger partial charge in [-0.05, 0) is 17.9 Å². The van der Waals surface area contributed by atoms with Crippen LogP contribution in [0, 0.1) is 11.3 Å². The summed E-state index contributed by atoms with van der Waals surface area (Å²) in [5, 5.41) is 3.23. The van der Waals surface area contributed by atoms with Gasteiger partial charge in [0.15, 0.2) is 0 Å². The second-order valence-electron chi connectivity index (χ2n) is 5.59. The molecule has 0 bridgehead atoms. The van der Waals surface area contributed by atoms with Crippen molar-refractivity contribution in [2.24, 2.45) is 11.3 Å².